The molecule has 1 aliphatic rings. The van der Waals surface area contributed by atoms with Crippen LogP contribution in [0.25, 0.3) is 11.2 Å². The summed E-state index contributed by atoms with van der Waals surface area (Å²) in [6.45, 7) is 0. The molecule has 1 unspecified atom stereocenters. The second-order valence-electron chi connectivity index (χ2n) is 4.45. The van der Waals surface area contributed by atoms with Gasteiger partial charge in [0.15, 0.2) is 23.6 Å². The highest BCUT2D eigenvalue weighted by molar-refractivity contribution is 7.23. The summed E-state index contributed by atoms with van der Waals surface area (Å²) in [5.74, 6) is 0. The quantitative estimate of drug-likeness (QED) is 0.604. The van der Waals surface area contributed by atoms with E-state index in [1.165, 1.54) is 17.2 Å². The second-order valence-corrected chi connectivity index (χ2v) is 5.15. The number of aromatic nitrogens is 4. The van der Waals surface area contributed by atoms with Crippen molar-refractivity contribution in [1.29, 1.82) is 0 Å². The Morgan fingerprint density at radius 2 is 2.20 bits per heavy atom. The first-order valence-corrected chi connectivity index (χ1v) is 7.02. The number of aromatic amines is 1. The Labute approximate surface area is 113 Å². The van der Waals surface area contributed by atoms with Gasteiger partial charge in [-0.2, -0.15) is 0 Å². The van der Waals surface area contributed by atoms with Crippen LogP contribution in [0.4, 0.5) is 0 Å². The zero-order valence-electron chi connectivity index (χ0n) is 10.1. The van der Waals surface area contributed by atoms with Crippen molar-refractivity contribution in [3.63, 3.8) is 0 Å². The average Bonchev–Trinajstić information content (AvgIpc) is 2.97. The number of nitrogens with one attached hydrogen (secondary N) is 1. The molecule has 0 bridgehead atoms. The van der Waals surface area contributed by atoms with Crippen molar-refractivity contribution >= 4 is 19.6 Å². The van der Waals surface area contributed by atoms with Crippen LogP contribution in [0.1, 0.15) is 6.23 Å². The van der Waals surface area contributed by atoms with Gasteiger partial charge in [0.2, 0.25) is 0 Å². The molecule has 9 nitrogen and oxygen atoms in total. The van der Waals surface area contributed by atoms with E-state index in [4.69, 9.17) is 4.74 Å². The Kier molecular flexibility index (Phi) is 3.35. The normalized spacial score (nSPS) is 30.3. The van der Waals surface area contributed by atoms with Gasteiger partial charge in [-0.25, -0.2) is 9.97 Å². The van der Waals surface area contributed by atoms with Gasteiger partial charge in [-0.1, -0.05) is 4.57 Å². The number of imidazole rings is 1. The smallest absolute Gasteiger partial charge is 0.327 e. The standard InChI is InChI=1S/C10H11N4O5P/c15-6-4(1-20-18)19-10(7(6)16)14-3-13-5-8(14)11-2-12-9(5)17/h2-4,6-7,10,15-16H,1H2,(H,11,12,17)/p+1/t4-,6-,7-,10-/m1/s1. The summed E-state index contributed by atoms with van der Waals surface area (Å²) in [6.07, 6.45) is -1.37. The molecule has 3 heterocycles. The molecule has 2 aromatic rings. The lowest BCUT2D eigenvalue weighted by Gasteiger charge is -2.16. The predicted molar refractivity (Wildman–Crippen MR) is 67.9 cm³/mol. The molecule has 0 radical (unpaired) electrons. The molecule has 5 atom stereocenters. The molecule has 0 saturated carbocycles. The number of rotatable bonds is 3. The number of ether oxygens (including phenoxy) is 1. The minimum absolute atomic E-state index is 0.118. The maximum absolute atomic E-state index is 11.6. The molecule has 1 fully saturated rings. The Morgan fingerprint density at radius 1 is 1.40 bits per heavy atom. The number of H-pyrrole nitrogens is 1. The van der Waals surface area contributed by atoms with E-state index in [0.717, 1.165) is 0 Å². The fourth-order valence-electron chi connectivity index (χ4n) is 2.26. The van der Waals surface area contributed by atoms with Gasteiger partial charge in [-0.15, -0.1) is 0 Å². The Hall–Kier alpha value is -1.67. The summed E-state index contributed by atoms with van der Waals surface area (Å²) in [5.41, 5.74) is -0.0402. The molecule has 20 heavy (non-hydrogen) atoms. The molecule has 106 valence electrons. The van der Waals surface area contributed by atoms with Crippen molar-refractivity contribution in [2.24, 2.45) is 0 Å². The third-order valence-electron chi connectivity index (χ3n) is 3.26. The lowest BCUT2D eigenvalue weighted by molar-refractivity contribution is -0.0290. The molecule has 2 aromatic heterocycles. The second kappa shape index (κ2) is 5.02. The van der Waals surface area contributed by atoms with Crippen molar-refractivity contribution in [3.05, 3.63) is 23.0 Å². The number of fused-ring (bicyclic) bond motifs is 1. The van der Waals surface area contributed by atoms with Crippen molar-refractivity contribution in [1.82, 2.24) is 19.5 Å². The number of hydrogen-bond acceptors (Lipinski definition) is 7. The first-order valence-electron chi connectivity index (χ1n) is 5.90. The van der Waals surface area contributed by atoms with Crippen LogP contribution < -0.4 is 5.56 Å². The Bertz CT molecular complexity index is 700. The largest absolute Gasteiger partial charge is 0.387 e. The van der Waals surface area contributed by atoms with E-state index in [1.807, 2.05) is 0 Å². The molecule has 0 aliphatic carbocycles. The van der Waals surface area contributed by atoms with E-state index >= 15 is 0 Å². The van der Waals surface area contributed by atoms with Crippen LogP contribution in [-0.4, -0.2) is 54.2 Å². The van der Waals surface area contributed by atoms with Gasteiger partial charge in [0.05, 0.1) is 12.7 Å². The van der Waals surface area contributed by atoms with Gasteiger partial charge < -0.3 is 19.9 Å². The number of hydrogen-bond donors (Lipinski definition) is 3. The van der Waals surface area contributed by atoms with Crippen LogP contribution in [0.3, 0.4) is 0 Å². The fraction of sp³-hybridized carbons (Fsp3) is 0.500. The lowest BCUT2D eigenvalue weighted by Crippen LogP contribution is -2.32. The maximum Gasteiger partial charge on any atom is 0.327 e. The summed E-state index contributed by atoms with van der Waals surface area (Å²) >= 11 is 0. The van der Waals surface area contributed by atoms with Gasteiger partial charge >= 0.3 is 8.46 Å². The third kappa shape index (κ3) is 1.95. The molecule has 1 aliphatic heterocycles. The van der Waals surface area contributed by atoms with E-state index in [-0.39, 0.29) is 17.3 Å². The van der Waals surface area contributed by atoms with Gasteiger partial charge in [0.25, 0.3) is 5.56 Å². The molecule has 1 saturated heterocycles. The van der Waals surface area contributed by atoms with Crippen LogP contribution in [0.5, 0.6) is 0 Å². The van der Waals surface area contributed by atoms with Crippen molar-refractivity contribution in [3.8, 4) is 0 Å². The molecule has 3 N–H and O–H groups in total. The van der Waals surface area contributed by atoms with Crippen molar-refractivity contribution in [2.45, 2.75) is 24.5 Å². The number of aliphatic hydroxyl groups is 2. The summed E-state index contributed by atoms with van der Waals surface area (Å²) < 4.78 is 17.5. The fourth-order valence-corrected chi connectivity index (χ4v) is 2.76. The van der Waals surface area contributed by atoms with Gasteiger partial charge in [0, 0.05) is 0 Å². The zero-order chi connectivity index (χ0) is 14.3. The summed E-state index contributed by atoms with van der Waals surface area (Å²) in [5, 5.41) is 19.9. The summed E-state index contributed by atoms with van der Waals surface area (Å²) in [7, 11) is -0.640. The minimum Gasteiger partial charge on any atom is -0.387 e. The SMILES string of the molecule is O=[PH+]C[C@H]1O[C@@H](n2cnc3c(=O)[nH]cnc32)[C@H](O)[C@@H]1O. The zero-order valence-corrected chi connectivity index (χ0v) is 11.1. The first kappa shape index (κ1) is 13.3. The predicted octanol–water partition coefficient (Wildman–Crippen LogP) is -1.24. The Morgan fingerprint density at radius 3 is 2.95 bits per heavy atom. The summed E-state index contributed by atoms with van der Waals surface area (Å²) in [6, 6.07) is 0. The molecular weight excluding hydrogens is 287 g/mol. The van der Waals surface area contributed by atoms with E-state index in [9.17, 15) is 19.6 Å². The van der Waals surface area contributed by atoms with Crippen LogP contribution in [-0.2, 0) is 9.30 Å². The number of nitrogens with zero attached hydrogens (tertiary/aromatic N) is 3. The topological polar surface area (TPSA) is 130 Å². The van der Waals surface area contributed by atoms with E-state index in [0.29, 0.717) is 0 Å². The van der Waals surface area contributed by atoms with Crippen molar-refractivity contribution < 1.29 is 19.5 Å². The van der Waals surface area contributed by atoms with E-state index in [2.05, 4.69) is 15.0 Å². The summed E-state index contributed by atoms with van der Waals surface area (Å²) in [4.78, 5) is 21.9. The van der Waals surface area contributed by atoms with E-state index < -0.39 is 38.6 Å². The lowest BCUT2D eigenvalue weighted by atomic mass is 10.1. The van der Waals surface area contributed by atoms with Gasteiger partial charge in [-0.05, 0) is 0 Å². The molecule has 0 spiro atoms. The maximum atomic E-state index is 11.6. The molecule has 0 aromatic carbocycles. The van der Waals surface area contributed by atoms with Gasteiger partial charge in [-0.3, -0.25) is 9.36 Å². The minimum atomic E-state index is -1.21. The first-order chi connectivity index (χ1) is 9.63. The third-order valence-corrected chi connectivity index (χ3v) is 3.83. The highest BCUT2D eigenvalue weighted by Crippen LogP contribution is 2.32. The number of aliphatic hydroxyl groups excluding tert-OH is 2. The van der Waals surface area contributed by atoms with Crippen LogP contribution in [0.15, 0.2) is 17.4 Å². The van der Waals surface area contributed by atoms with Crippen LogP contribution >= 0.6 is 8.46 Å². The van der Waals surface area contributed by atoms with Gasteiger partial charge in [0.1, 0.15) is 18.3 Å². The average molecular weight is 299 g/mol. The molecular formula is C10H12N4O5P+. The van der Waals surface area contributed by atoms with Crippen LogP contribution in [0.2, 0.25) is 0 Å². The Balaban J connectivity index is 2.01. The monoisotopic (exact) mass is 299 g/mol. The molecule has 3 rings (SSSR count). The van der Waals surface area contributed by atoms with E-state index in [1.54, 1.807) is 0 Å². The van der Waals surface area contributed by atoms with Crippen molar-refractivity contribution in [2.75, 3.05) is 6.16 Å². The van der Waals surface area contributed by atoms with Crippen LogP contribution in [0, 0.1) is 0 Å². The molecule has 10 heteroatoms. The highest BCUT2D eigenvalue weighted by atomic mass is 31.1. The highest BCUT2D eigenvalue weighted by Gasteiger charge is 2.45. The molecule has 0 amide bonds.